The predicted molar refractivity (Wildman–Crippen MR) is 91.4 cm³/mol. The molecule has 2 aliphatic carbocycles. The number of rotatable bonds is 3. The van der Waals surface area contributed by atoms with Crippen molar-refractivity contribution in [3.63, 3.8) is 0 Å². The molecule has 0 radical (unpaired) electrons. The maximum absolute atomic E-state index is 12.1. The van der Waals surface area contributed by atoms with Crippen molar-refractivity contribution in [2.24, 2.45) is 5.92 Å². The normalized spacial score (nSPS) is 21.8. The van der Waals surface area contributed by atoms with E-state index in [1.165, 1.54) is 11.1 Å². The van der Waals surface area contributed by atoms with Crippen LogP contribution in [0.4, 0.5) is 11.4 Å². The molecule has 1 aromatic carbocycles. The molecule has 3 heteroatoms. The fourth-order valence-electron chi connectivity index (χ4n) is 3.12. The molecule has 0 heterocycles. The molecule has 3 nitrogen and oxygen atoms in total. The van der Waals surface area contributed by atoms with Crippen molar-refractivity contribution in [2.75, 3.05) is 11.1 Å². The Morgan fingerprint density at radius 3 is 2.68 bits per heavy atom. The molecule has 0 amide bonds. The monoisotopic (exact) mass is 294 g/mol. The van der Waals surface area contributed by atoms with Gasteiger partial charge in [0.1, 0.15) is 0 Å². The number of carbonyl (C=O) groups excluding carboxylic acids is 1. The second kappa shape index (κ2) is 6.22. The van der Waals surface area contributed by atoms with Gasteiger partial charge in [-0.05, 0) is 44.2 Å². The number of nitrogen functional groups attached to an aromatic ring is 1. The Kier molecular flexibility index (Phi) is 4.14. The van der Waals surface area contributed by atoms with Crippen LogP contribution in [0.1, 0.15) is 32.6 Å². The summed E-state index contributed by atoms with van der Waals surface area (Å²) >= 11 is 0. The first-order chi connectivity index (χ1) is 10.6. The zero-order valence-electron chi connectivity index (χ0n) is 12.9. The third-order valence-electron chi connectivity index (χ3n) is 4.42. The minimum absolute atomic E-state index is 0.195. The quantitative estimate of drug-likeness (QED) is 0.821. The van der Waals surface area contributed by atoms with Gasteiger partial charge in [-0.1, -0.05) is 35.4 Å². The molecule has 0 aliphatic heterocycles. The van der Waals surface area contributed by atoms with E-state index in [1.807, 2.05) is 24.3 Å². The average Bonchev–Trinajstić information content (AvgIpc) is 2.50. The van der Waals surface area contributed by atoms with Gasteiger partial charge in [0, 0.05) is 18.2 Å². The Balaban J connectivity index is 1.76. The van der Waals surface area contributed by atoms with Crippen LogP contribution in [-0.4, -0.2) is 5.78 Å². The van der Waals surface area contributed by atoms with Gasteiger partial charge in [0.15, 0.2) is 5.78 Å². The molecule has 2 aliphatic rings. The number of nitrogens with one attached hydrogen (secondary N) is 1. The Morgan fingerprint density at radius 1 is 1.14 bits per heavy atom. The fraction of sp³-hybridized carbons (Fsp3) is 0.316. The number of benzene rings is 1. The summed E-state index contributed by atoms with van der Waals surface area (Å²) in [6.45, 7) is 2.16. The maximum Gasteiger partial charge on any atom is 0.158 e. The van der Waals surface area contributed by atoms with E-state index in [-0.39, 0.29) is 5.78 Å². The number of hydrogen-bond donors (Lipinski definition) is 2. The largest absolute Gasteiger partial charge is 0.397 e. The van der Waals surface area contributed by atoms with Gasteiger partial charge in [-0.3, -0.25) is 4.79 Å². The van der Waals surface area contributed by atoms with E-state index in [2.05, 4.69) is 24.4 Å². The number of carbonyl (C=O) groups is 1. The molecule has 1 atom stereocenters. The highest BCUT2D eigenvalue weighted by atomic mass is 16.1. The van der Waals surface area contributed by atoms with E-state index in [0.717, 1.165) is 30.6 Å². The first-order valence-corrected chi connectivity index (χ1v) is 7.83. The van der Waals surface area contributed by atoms with Gasteiger partial charge in [-0.15, -0.1) is 0 Å². The SMILES string of the molecule is CC1=CC=C(C2CC(=O)C=C(Nc3ccccc3N)C2)CC1. The number of hydrogen-bond acceptors (Lipinski definition) is 3. The molecule has 114 valence electrons. The highest BCUT2D eigenvalue weighted by Gasteiger charge is 2.24. The van der Waals surface area contributed by atoms with Crippen molar-refractivity contribution in [3.05, 3.63) is 59.3 Å². The molecule has 22 heavy (non-hydrogen) atoms. The van der Waals surface area contributed by atoms with Crippen LogP contribution in [0.3, 0.4) is 0 Å². The second-order valence-corrected chi connectivity index (χ2v) is 6.21. The first-order valence-electron chi connectivity index (χ1n) is 7.83. The van der Waals surface area contributed by atoms with Crippen LogP contribution in [-0.2, 0) is 4.79 Å². The fourth-order valence-corrected chi connectivity index (χ4v) is 3.12. The topological polar surface area (TPSA) is 55.1 Å². The van der Waals surface area contributed by atoms with Crippen LogP contribution in [0, 0.1) is 5.92 Å². The Bertz CT molecular complexity index is 682. The Morgan fingerprint density at radius 2 is 1.95 bits per heavy atom. The maximum atomic E-state index is 12.1. The molecule has 0 fully saturated rings. The molecule has 0 saturated carbocycles. The van der Waals surface area contributed by atoms with E-state index in [9.17, 15) is 4.79 Å². The Hall–Kier alpha value is -2.29. The number of nitrogens with two attached hydrogens (primary N) is 1. The smallest absolute Gasteiger partial charge is 0.158 e. The zero-order chi connectivity index (χ0) is 15.5. The standard InChI is InChI=1S/C19H22N2O/c1-13-6-8-14(9-7-13)15-10-16(12-17(22)11-15)21-19-5-3-2-4-18(19)20/h2-6,8,12,15,21H,7,9-11,20H2,1H3. The van der Waals surface area contributed by atoms with Crippen molar-refractivity contribution in [1.82, 2.24) is 0 Å². The highest BCUT2D eigenvalue weighted by Crippen LogP contribution is 2.34. The lowest BCUT2D eigenvalue weighted by Gasteiger charge is -2.27. The van der Waals surface area contributed by atoms with Gasteiger partial charge in [-0.25, -0.2) is 0 Å². The summed E-state index contributed by atoms with van der Waals surface area (Å²) < 4.78 is 0. The van der Waals surface area contributed by atoms with E-state index in [0.29, 0.717) is 18.0 Å². The molecule has 0 bridgehead atoms. The zero-order valence-corrected chi connectivity index (χ0v) is 12.9. The molecule has 1 aromatic rings. The third-order valence-corrected chi connectivity index (χ3v) is 4.42. The van der Waals surface area contributed by atoms with E-state index >= 15 is 0 Å². The molecule has 1 unspecified atom stereocenters. The van der Waals surface area contributed by atoms with Gasteiger partial charge in [0.25, 0.3) is 0 Å². The van der Waals surface area contributed by atoms with Crippen LogP contribution in [0.5, 0.6) is 0 Å². The number of anilines is 2. The lowest BCUT2D eigenvalue weighted by atomic mass is 9.81. The summed E-state index contributed by atoms with van der Waals surface area (Å²) in [6.07, 6.45) is 9.79. The highest BCUT2D eigenvalue weighted by molar-refractivity contribution is 5.92. The lowest BCUT2D eigenvalue weighted by molar-refractivity contribution is -0.115. The average molecular weight is 294 g/mol. The molecule has 0 aromatic heterocycles. The van der Waals surface area contributed by atoms with Gasteiger partial charge in [0.05, 0.1) is 11.4 Å². The summed E-state index contributed by atoms with van der Waals surface area (Å²) in [4.78, 5) is 12.1. The second-order valence-electron chi connectivity index (χ2n) is 6.21. The molecule has 0 saturated heterocycles. The molecule has 0 spiro atoms. The van der Waals surface area contributed by atoms with Crippen LogP contribution < -0.4 is 11.1 Å². The van der Waals surface area contributed by atoms with Crippen molar-refractivity contribution in [1.29, 1.82) is 0 Å². The summed E-state index contributed by atoms with van der Waals surface area (Å²) in [5.41, 5.74) is 11.3. The molecule has 3 N–H and O–H groups in total. The van der Waals surface area contributed by atoms with Crippen LogP contribution >= 0.6 is 0 Å². The molecule has 3 rings (SSSR count). The van der Waals surface area contributed by atoms with Crippen molar-refractivity contribution >= 4 is 17.2 Å². The number of ketones is 1. The lowest BCUT2D eigenvalue weighted by Crippen LogP contribution is -2.20. The summed E-state index contributed by atoms with van der Waals surface area (Å²) in [5, 5.41) is 3.33. The summed E-state index contributed by atoms with van der Waals surface area (Å²) in [6, 6.07) is 7.66. The minimum atomic E-state index is 0.195. The first kappa shape index (κ1) is 14.6. The van der Waals surface area contributed by atoms with Crippen LogP contribution in [0.15, 0.2) is 59.3 Å². The van der Waals surface area contributed by atoms with Crippen molar-refractivity contribution in [3.8, 4) is 0 Å². The van der Waals surface area contributed by atoms with Crippen molar-refractivity contribution < 1.29 is 4.79 Å². The molecular weight excluding hydrogens is 272 g/mol. The third kappa shape index (κ3) is 3.30. The number of allylic oxidation sites excluding steroid dienone is 6. The van der Waals surface area contributed by atoms with Gasteiger partial charge in [0.2, 0.25) is 0 Å². The van der Waals surface area contributed by atoms with Gasteiger partial charge < -0.3 is 11.1 Å². The van der Waals surface area contributed by atoms with Gasteiger partial charge >= 0.3 is 0 Å². The minimum Gasteiger partial charge on any atom is -0.397 e. The Labute approximate surface area is 131 Å². The van der Waals surface area contributed by atoms with Crippen LogP contribution in [0.2, 0.25) is 0 Å². The predicted octanol–water partition coefficient (Wildman–Crippen LogP) is 4.21. The summed E-state index contributed by atoms with van der Waals surface area (Å²) in [7, 11) is 0. The van der Waals surface area contributed by atoms with Gasteiger partial charge in [-0.2, -0.15) is 0 Å². The van der Waals surface area contributed by atoms with E-state index in [4.69, 9.17) is 5.73 Å². The van der Waals surface area contributed by atoms with E-state index < -0.39 is 0 Å². The van der Waals surface area contributed by atoms with Crippen LogP contribution in [0.25, 0.3) is 0 Å². The number of para-hydroxylation sites is 2. The van der Waals surface area contributed by atoms with Crippen molar-refractivity contribution in [2.45, 2.75) is 32.6 Å². The van der Waals surface area contributed by atoms with E-state index in [1.54, 1.807) is 6.08 Å². The molecular formula is C19H22N2O. The summed E-state index contributed by atoms with van der Waals surface area (Å²) in [5.74, 6) is 0.509.